The Morgan fingerprint density at radius 1 is 0.781 bits per heavy atom. The highest BCUT2D eigenvalue weighted by molar-refractivity contribution is 6.43. The predicted octanol–water partition coefficient (Wildman–Crippen LogP) is 3.56. The van der Waals surface area contributed by atoms with Gasteiger partial charge in [0.15, 0.2) is 0 Å². The average molecular weight is 433 g/mol. The van der Waals surface area contributed by atoms with Gasteiger partial charge in [-0.3, -0.25) is 4.79 Å². The minimum Gasteiger partial charge on any atom is -0.465 e. The molecule has 162 valence electrons. The molecular weight excluding hydrogens is 414 g/mol. The molecule has 32 heavy (non-hydrogen) atoms. The molecule has 4 rings (SSSR count). The van der Waals surface area contributed by atoms with Crippen molar-refractivity contribution in [2.24, 2.45) is 0 Å². The number of aromatic nitrogens is 1. The number of Topliss-reactive ketones (excluding diaryl/α,β-unsaturated/α-hetero) is 1. The monoisotopic (exact) mass is 433 g/mol. The van der Waals surface area contributed by atoms with Crippen molar-refractivity contribution >= 4 is 50.9 Å². The average Bonchev–Trinajstić information content (AvgIpc) is 3.19. The first kappa shape index (κ1) is 21.0. The molecule has 8 heteroatoms. The molecule has 2 aromatic heterocycles. The molecule has 2 aromatic carbocycles. The van der Waals surface area contributed by atoms with E-state index in [0.717, 1.165) is 17.9 Å². The van der Waals surface area contributed by atoms with Crippen molar-refractivity contribution in [3.8, 4) is 0 Å². The molecule has 0 saturated carbocycles. The van der Waals surface area contributed by atoms with Gasteiger partial charge in [-0.25, -0.2) is 14.4 Å². The number of ketones is 1. The van der Waals surface area contributed by atoms with Gasteiger partial charge in [0.1, 0.15) is 16.8 Å². The molecule has 2 heterocycles. The van der Waals surface area contributed by atoms with Gasteiger partial charge in [0.25, 0.3) is 5.78 Å². The van der Waals surface area contributed by atoms with Crippen molar-refractivity contribution in [3.63, 3.8) is 0 Å². The van der Waals surface area contributed by atoms with Gasteiger partial charge < -0.3 is 18.6 Å². The molecule has 4 aromatic rings. The Labute approximate surface area is 182 Å². The van der Waals surface area contributed by atoms with E-state index in [-0.39, 0.29) is 28.9 Å². The smallest absolute Gasteiger partial charge is 0.381 e. The SMILES string of the molecule is CCOC(=O)C(=O)c1c(C(=O)OC)c(C(=O)OC)c2c3ccccc3c3ccccc3n12. The summed E-state index contributed by atoms with van der Waals surface area (Å²) in [5.74, 6) is -4.01. The topological polar surface area (TPSA) is 100 Å². The molecule has 8 nitrogen and oxygen atoms in total. The van der Waals surface area contributed by atoms with E-state index in [9.17, 15) is 19.2 Å². The van der Waals surface area contributed by atoms with E-state index in [2.05, 4.69) is 0 Å². The van der Waals surface area contributed by atoms with Gasteiger partial charge in [-0.2, -0.15) is 0 Å². The van der Waals surface area contributed by atoms with Crippen LogP contribution in [0.25, 0.3) is 27.2 Å². The van der Waals surface area contributed by atoms with Crippen molar-refractivity contribution in [1.29, 1.82) is 0 Å². The standard InChI is InChI=1S/C24H19NO7/c1-4-32-24(29)21(26)20-18(23(28)31-3)17(22(27)30-2)19-15-11-6-5-9-13(15)14-10-7-8-12-16(14)25(19)20/h5-12H,4H2,1-3H3. The van der Waals surface area contributed by atoms with E-state index in [1.165, 1.54) is 11.5 Å². The van der Waals surface area contributed by atoms with E-state index < -0.39 is 23.7 Å². The van der Waals surface area contributed by atoms with Crippen LogP contribution < -0.4 is 0 Å². The second kappa shape index (κ2) is 8.14. The van der Waals surface area contributed by atoms with Crippen LogP contribution in [0, 0.1) is 0 Å². The number of methoxy groups -OCH3 is 2. The van der Waals surface area contributed by atoms with Crippen molar-refractivity contribution in [2.75, 3.05) is 20.8 Å². The van der Waals surface area contributed by atoms with Gasteiger partial charge in [0.2, 0.25) is 0 Å². The van der Waals surface area contributed by atoms with Crippen LogP contribution in [-0.2, 0) is 19.0 Å². The minimum atomic E-state index is -1.15. The summed E-state index contributed by atoms with van der Waals surface area (Å²) in [6.45, 7) is 1.53. The van der Waals surface area contributed by atoms with Gasteiger partial charge in [0, 0.05) is 10.8 Å². The van der Waals surface area contributed by atoms with Crippen molar-refractivity contribution in [2.45, 2.75) is 6.92 Å². The fourth-order valence-corrected chi connectivity index (χ4v) is 4.00. The lowest BCUT2D eigenvalue weighted by Crippen LogP contribution is -2.22. The maximum absolute atomic E-state index is 13.2. The number of ether oxygens (including phenoxy) is 3. The fourth-order valence-electron chi connectivity index (χ4n) is 4.00. The first-order valence-corrected chi connectivity index (χ1v) is 9.82. The lowest BCUT2D eigenvalue weighted by atomic mass is 10.0. The molecule has 0 aliphatic carbocycles. The number of para-hydroxylation sites is 1. The van der Waals surface area contributed by atoms with Crippen molar-refractivity contribution in [1.82, 2.24) is 4.40 Å². The van der Waals surface area contributed by atoms with Gasteiger partial charge >= 0.3 is 17.9 Å². The van der Waals surface area contributed by atoms with Crippen LogP contribution in [0.1, 0.15) is 38.1 Å². The van der Waals surface area contributed by atoms with Crippen LogP contribution in [0.2, 0.25) is 0 Å². The minimum absolute atomic E-state index is 0.0328. The fraction of sp³-hybridized carbons (Fsp3) is 0.167. The lowest BCUT2D eigenvalue weighted by molar-refractivity contribution is -0.137. The number of fused-ring (bicyclic) bond motifs is 6. The van der Waals surface area contributed by atoms with Gasteiger partial charge in [-0.05, 0) is 18.4 Å². The molecule has 0 amide bonds. The van der Waals surface area contributed by atoms with Crippen LogP contribution in [0.3, 0.4) is 0 Å². The molecule has 0 spiro atoms. The number of hydrogen-bond acceptors (Lipinski definition) is 7. The number of carbonyl (C=O) groups is 4. The van der Waals surface area contributed by atoms with E-state index >= 15 is 0 Å². The normalized spacial score (nSPS) is 11.0. The molecular formula is C24H19NO7. The Morgan fingerprint density at radius 3 is 1.97 bits per heavy atom. The quantitative estimate of drug-likeness (QED) is 0.156. The Morgan fingerprint density at radius 2 is 1.34 bits per heavy atom. The Balaban J connectivity index is 2.35. The number of nitrogens with zero attached hydrogens (tertiary/aromatic N) is 1. The third-order valence-corrected chi connectivity index (χ3v) is 5.24. The number of carbonyl (C=O) groups excluding carboxylic acids is 4. The van der Waals surface area contributed by atoms with Gasteiger partial charge in [-0.1, -0.05) is 42.5 Å². The van der Waals surface area contributed by atoms with Gasteiger partial charge in [0.05, 0.1) is 31.9 Å². The predicted molar refractivity (Wildman–Crippen MR) is 116 cm³/mol. The number of pyridine rings is 1. The highest BCUT2D eigenvalue weighted by atomic mass is 16.5. The maximum atomic E-state index is 13.2. The number of rotatable bonds is 5. The van der Waals surface area contributed by atoms with Crippen LogP contribution >= 0.6 is 0 Å². The van der Waals surface area contributed by atoms with E-state index in [1.807, 2.05) is 24.3 Å². The Bertz CT molecular complexity index is 1430. The molecule has 0 aliphatic rings. The zero-order valence-corrected chi connectivity index (χ0v) is 17.6. The van der Waals surface area contributed by atoms with Gasteiger partial charge in [-0.15, -0.1) is 0 Å². The van der Waals surface area contributed by atoms with Crippen molar-refractivity contribution in [3.05, 3.63) is 65.4 Å². The lowest BCUT2D eigenvalue weighted by Gasteiger charge is -2.11. The van der Waals surface area contributed by atoms with Crippen LogP contribution in [0.15, 0.2) is 48.5 Å². The summed E-state index contributed by atoms with van der Waals surface area (Å²) in [4.78, 5) is 51.4. The number of esters is 3. The Hall–Kier alpha value is -4.20. The van der Waals surface area contributed by atoms with Crippen LogP contribution in [0.4, 0.5) is 0 Å². The first-order chi connectivity index (χ1) is 15.5. The molecule has 0 radical (unpaired) electrons. The summed E-state index contributed by atoms with van der Waals surface area (Å²) in [7, 11) is 2.30. The third kappa shape index (κ3) is 2.99. The molecule has 0 atom stereocenters. The highest BCUT2D eigenvalue weighted by Crippen LogP contribution is 2.37. The Kier molecular flexibility index (Phi) is 5.36. The molecule has 0 aliphatic heterocycles. The van der Waals surface area contributed by atoms with Crippen LogP contribution in [-0.4, -0.2) is 48.9 Å². The summed E-state index contributed by atoms with van der Waals surface area (Å²) >= 11 is 0. The first-order valence-electron chi connectivity index (χ1n) is 9.82. The zero-order chi connectivity index (χ0) is 23.0. The van der Waals surface area contributed by atoms with E-state index in [0.29, 0.717) is 10.9 Å². The molecule has 0 bridgehead atoms. The van der Waals surface area contributed by atoms with Crippen LogP contribution in [0.5, 0.6) is 0 Å². The summed E-state index contributed by atoms with van der Waals surface area (Å²) in [6.07, 6.45) is 0. The van der Waals surface area contributed by atoms with Crippen molar-refractivity contribution < 1.29 is 33.4 Å². The maximum Gasteiger partial charge on any atom is 0.381 e. The molecule has 0 saturated heterocycles. The third-order valence-electron chi connectivity index (χ3n) is 5.24. The number of benzene rings is 2. The van der Waals surface area contributed by atoms with E-state index in [1.54, 1.807) is 31.2 Å². The highest BCUT2D eigenvalue weighted by Gasteiger charge is 2.37. The van der Waals surface area contributed by atoms with E-state index in [4.69, 9.17) is 14.2 Å². The number of hydrogen-bond donors (Lipinski definition) is 0. The zero-order valence-electron chi connectivity index (χ0n) is 17.6. The summed E-state index contributed by atoms with van der Waals surface area (Å²) in [6, 6.07) is 14.4. The molecule has 0 fully saturated rings. The summed E-state index contributed by atoms with van der Waals surface area (Å²) in [5, 5.41) is 2.15. The summed E-state index contributed by atoms with van der Waals surface area (Å²) < 4.78 is 16.2. The second-order valence-electron chi connectivity index (χ2n) is 6.88. The largest absolute Gasteiger partial charge is 0.465 e. The summed E-state index contributed by atoms with van der Waals surface area (Å²) in [5.41, 5.74) is -0.0335. The second-order valence-corrected chi connectivity index (χ2v) is 6.88. The molecule has 0 unspecified atom stereocenters. The molecule has 0 N–H and O–H groups in total.